The quantitative estimate of drug-likeness (QED) is 0.788. The molecule has 1 aliphatic rings. The monoisotopic (exact) mass is 192 g/mol. The molecule has 0 radical (unpaired) electrons. The third kappa shape index (κ3) is 1.18. The molecule has 0 heterocycles. The predicted octanol–water partition coefficient (Wildman–Crippen LogP) is 1.58. The summed E-state index contributed by atoms with van der Waals surface area (Å²) in [6, 6.07) is 10.3. The summed E-state index contributed by atoms with van der Waals surface area (Å²) in [5.74, 6) is 0.245. The second-order valence-electron chi connectivity index (χ2n) is 4.09. The number of methoxy groups -OCH3 is 1. The van der Waals surface area contributed by atoms with Gasteiger partial charge in [0.2, 0.25) is 0 Å². The van der Waals surface area contributed by atoms with Crippen molar-refractivity contribution in [2.24, 2.45) is 5.92 Å². The smallest absolute Gasteiger partial charge is 0.0729 e. The summed E-state index contributed by atoms with van der Waals surface area (Å²) in [7, 11) is 1.71. The Morgan fingerprint density at radius 2 is 2.00 bits per heavy atom. The fourth-order valence-electron chi connectivity index (χ4n) is 2.43. The first-order valence-electron chi connectivity index (χ1n) is 4.94. The fraction of sp³-hybridized carbons (Fsp3) is 0.500. The molecule has 0 amide bonds. The highest BCUT2D eigenvalue weighted by Gasteiger charge is 2.62. The molecule has 1 aromatic carbocycles. The molecule has 2 rings (SSSR count). The van der Waals surface area contributed by atoms with Crippen LogP contribution in [0.15, 0.2) is 30.3 Å². The SMILES string of the molecule is CO[C@@H]1[C@H](CO)[C@@]1(C)c1ccccc1. The van der Waals surface area contributed by atoms with E-state index >= 15 is 0 Å². The molecule has 0 spiro atoms. The summed E-state index contributed by atoms with van der Waals surface area (Å²) in [5.41, 5.74) is 1.26. The van der Waals surface area contributed by atoms with Crippen molar-refractivity contribution >= 4 is 0 Å². The molecule has 2 nitrogen and oxygen atoms in total. The highest BCUT2D eigenvalue weighted by Crippen LogP contribution is 2.55. The lowest BCUT2D eigenvalue weighted by Crippen LogP contribution is -2.09. The molecule has 2 heteroatoms. The highest BCUT2D eigenvalue weighted by molar-refractivity contribution is 5.36. The molecule has 1 fully saturated rings. The molecule has 14 heavy (non-hydrogen) atoms. The lowest BCUT2D eigenvalue weighted by Gasteiger charge is -2.10. The van der Waals surface area contributed by atoms with Crippen LogP contribution in [-0.2, 0) is 10.2 Å². The zero-order valence-electron chi connectivity index (χ0n) is 8.60. The van der Waals surface area contributed by atoms with Crippen LogP contribution < -0.4 is 0 Å². The predicted molar refractivity (Wildman–Crippen MR) is 55.2 cm³/mol. The second-order valence-corrected chi connectivity index (χ2v) is 4.09. The van der Waals surface area contributed by atoms with Gasteiger partial charge < -0.3 is 9.84 Å². The van der Waals surface area contributed by atoms with Gasteiger partial charge in [-0.15, -0.1) is 0 Å². The molecule has 1 aromatic rings. The summed E-state index contributed by atoms with van der Waals surface area (Å²) >= 11 is 0. The van der Waals surface area contributed by atoms with Gasteiger partial charge in [0.25, 0.3) is 0 Å². The Hall–Kier alpha value is -0.860. The van der Waals surface area contributed by atoms with Crippen LogP contribution in [0.2, 0.25) is 0 Å². The minimum Gasteiger partial charge on any atom is -0.396 e. The molecule has 1 saturated carbocycles. The molecular weight excluding hydrogens is 176 g/mol. The van der Waals surface area contributed by atoms with E-state index in [2.05, 4.69) is 19.1 Å². The van der Waals surface area contributed by atoms with Crippen molar-refractivity contribution < 1.29 is 9.84 Å². The molecule has 0 unspecified atom stereocenters. The molecular formula is C12H16O2. The van der Waals surface area contributed by atoms with Gasteiger partial charge in [-0.1, -0.05) is 37.3 Å². The molecule has 1 aliphatic carbocycles. The van der Waals surface area contributed by atoms with E-state index in [0.29, 0.717) is 0 Å². The molecule has 1 N–H and O–H groups in total. The first kappa shape index (κ1) is 9.69. The highest BCUT2D eigenvalue weighted by atomic mass is 16.5. The Labute approximate surface area is 84.5 Å². The average Bonchev–Trinajstić information content (AvgIpc) is 2.85. The van der Waals surface area contributed by atoms with Gasteiger partial charge in [-0.2, -0.15) is 0 Å². The van der Waals surface area contributed by atoms with Crippen molar-refractivity contribution in [3.8, 4) is 0 Å². The number of rotatable bonds is 3. The number of hydrogen-bond donors (Lipinski definition) is 1. The van der Waals surface area contributed by atoms with Crippen molar-refractivity contribution in [3.63, 3.8) is 0 Å². The van der Waals surface area contributed by atoms with Gasteiger partial charge >= 0.3 is 0 Å². The average molecular weight is 192 g/mol. The maximum Gasteiger partial charge on any atom is 0.0729 e. The standard InChI is InChI=1S/C12H16O2/c1-12(9-6-4-3-5-7-9)10(8-13)11(12)14-2/h3-7,10-11,13H,8H2,1-2H3/t10-,11+,12+/m0/s1. The number of benzene rings is 1. The van der Waals surface area contributed by atoms with Crippen LogP contribution in [-0.4, -0.2) is 24.9 Å². The summed E-state index contributed by atoms with van der Waals surface area (Å²) in [4.78, 5) is 0. The third-order valence-electron chi connectivity index (χ3n) is 3.46. The maximum atomic E-state index is 9.22. The topological polar surface area (TPSA) is 29.5 Å². The number of aliphatic hydroxyl groups is 1. The van der Waals surface area contributed by atoms with Crippen LogP contribution in [0.3, 0.4) is 0 Å². The number of hydrogen-bond acceptors (Lipinski definition) is 2. The Balaban J connectivity index is 2.27. The first-order valence-corrected chi connectivity index (χ1v) is 4.94. The van der Waals surface area contributed by atoms with Gasteiger partial charge in [-0.25, -0.2) is 0 Å². The Morgan fingerprint density at radius 3 is 2.43 bits per heavy atom. The van der Waals surface area contributed by atoms with Gasteiger partial charge in [-0.05, 0) is 5.56 Å². The van der Waals surface area contributed by atoms with Crippen molar-refractivity contribution in [1.29, 1.82) is 0 Å². The van der Waals surface area contributed by atoms with E-state index in [-0.39, 0.29) is 24.0 Å². The van der Waals surface area contributed by atoms with Crippen LogP contribution in [0.5, 0.6) is 0 Å². The molecule has 3 atom stereocenters. The second kappa shape index (κ2) is 3.37. The lowest BCUT2D eigenvalue weighted by atomic mass is 9.95. The first-order chi connectivity index (χ1) is 6.75. The molecule has 76 valence electrons. The van der Waals surface area contributed by atoms with E-state index < -0.39 is 0 Å². The minimum absolute atomic E-state index is 0.00472. The third-order valence-corrected chi connectivity index (χ3v) is 3.46. The van der Waals surface area contributed by atoms with Crippen LogP contribution in [0.25, 0.3) is 0 Å². The van der Waals surface area contributed by atoms with E-state index in [1.807, 2.05) is 18.2 Å². The van der Waals surface area contributed by atoms with E-state index in [1.165, 1.54) is 5.56 Å². The van der Waals surface area contributed by atoms with Crippen LogP contribution in [0, 0.1) is 5.92 Å². The summed E-state index contributed by atoms with van der Waals surface area (Å²) in [6.45, 7) is 2.35. The zero-order valence-corrected chi connectivity index (χ0v) is 8.60. The van der Waals surface area contributed by atoms with Gasteiger partial charge in [0.15, 0.2) is 0 Å². The summed E-state index contributed by atoms with van der Waals surface area (Å²) in [5, 5.41) is 9.22. The van der Waals surface area contributed by atoms with Crippen molar-refractivity contribution in [3.05, 3.63) is 35.9 Å². The summed E-state index contributed by atoms with van der Waals surface area (Å²) < 4.78 is 5.37. The molecule has 0 aliphatic heterocycles. The Kier molecular flexibility index (Phi) is 2.33. The van der Waals surface area contributed by atoms with Crippen LogP contribution >= 0.6 is 0 Å². The van der Waals surface area contributed by atoms with Crippen molar-refractivity contribution in [1.82, 2.24) is 0 Å². The zero-order chi connectivity index (χ0) is 10.2. The number of aliphatic hydroxyl groups excluding tert-OH is 1. The van der Waals surface area contributed by atoms with Crippen LogP contribution in [0.1, 0.15) is 12.5 Å². The van der Waals surface area contributed by atoms with E-state index in [1.54, 1.807) is 7.11 Å². The van der Waals surface area contributed by atoms with Gasteiger partial charge in [0.05, 0.1) is 6.10 Å². The minimum atomic E-state index is 0.00472. The van der Waals surface area contributed by atoms with Gasteiger partial charge in [0.1, 0.15) is 0 Å². The molecule has 0 aromatic heterocycles. The fourth-order valence-corrected chi connectivity index (χ4v) is 2.43. The van der Waals surface area contributed by atoms with E-state index in [0.717, 1.165) is 0 Å². The lowest BCUT2D eigenvalue weighted by molar-refractivity contribution is 0.144. The van der Waals surface area contributed by atoms with E-state index in [4.69, 9.17) is 4.74 Å². The van der Waals surface area contributed by atoms with Crippen molar-refractivity contribution in [2.75, 3.05) is 13.7 Å². The van der Waals surface area contributed by atoms with Crippen molar-refractivity contribution in [2.45, 2.75) is 18.4 Å². The molecule has 0 saturated heterocycles. The largest absolute Gasteiger partial charge is 0.396 e. The number of ether oxygens (including phenoxy) is 1. The van der Waals surface area contributed by atoms with Crippen LogP contribution in [0.4, 0.5) is 0 Å². The summed E-state index contributed by atoms with van der Waals surface area (Å²) in [6.07, 6.45) is 0.162. The van der Waals surface area contributed by atoms with Gasteiger partial charge in [0, 0.05) is 25.0 Å². The van der Waals surface area contributed by atoms with E-state index in [9.17, 15) is 5.11 Å². The Bertz CT molecular complexity index is 297. The van der Waals surface area contributed by atoms with Gasteiger partial charge in [-0.3, -0.25) is 0 Å². The normalized spacial score (nSPS) is 35.6. The molecule has 0 bridgehead atoms. The Morgan fingerprint density at radius 1 is 1.36 bits per heavy atom. The maximum absolute atomic E-state index is 9.22.